The second kappa shape index (κ2) is 15.9. The second-order valence-electron chi connectivity index (χ2n) is 12.1. The average Bonchev–Trinajstić information content (AvgIpc) is 3.49. The van der Waals surface area contributed by atoms with Gasteiger partial charge in [0.05, 0.1) is 17.0 Å². The van der Waals surface area contributed by atoms with Crippen LogP contribution in [0.2, 0.25) is 0 Å². The molecule has 2 heterocycles. The van der Waals surface area contributed by atoms with Crippen molar-refractivity contribution in [1.82, 2.24) is 14.7 Å². The largest absolute Gasteiger partial charge is 0.497 e. The van der Waals surface area contributed by atoms with Crippen molar-refractivity contribution in [3.05, 3.63) is 110 Å². The predicted octanol–water partition coefficient (Wildman–Crippen LogP) is 5.40. The zero-order valence-corrected chi connectivity index (χ0v) is 28.4. The molecule has 16 heteroatoms. The number of carbonyl (C=O) groups excluding carboxylic acids is 3. The molecule has 2 saturated heterocycles. The fourth-order valence-corrected chi connectivity index (χ4v) is 7.19. The summed E-state index contributed by atoms with van der Waals surface area (Å²) in [4.78, 5) is 66.0. The maximum Gasteiger partial charge on any atom is 0.411 e. The van der Waals surface area contributed by atoms with Gasteiger partial charge in [0.1, 0.15) is 24.5 Å². The van der Waals surface area contributed by atoms with Crippen molar-refractivity contribution in [1.29, 1.82) is 0 Å². The lowest BCUT2D eigenvalue weighted by atomic mass is 9.96. The quantitative estimate of drug-likeness (QED) is 0.184. The van der Waals surface area contributed by atoms with Crippen LogP contribution in [0.4, 0.5) is 21.0 Å². The number of nitro groups is 2. The number of hydrogen-bond acceptors (Lipinski definition) is 11. The van der Waals surface area contributed by atoms with E-state index in [0.717, 1.165) is 11.3 Å². The number of nitrogens with zero attached hydrogens (tertiary/aromatic N) is 5. The summed E-state index contributed by atoms with van der Waals surface area (Å²) >= 11 is 1.64. The lowest BCUT2D eigenvalue weighted by Gasteiger charge is -2.40. The molecule has 5 rings (SSSR count). The van der Waals surface area contributed by atoms with Crippen LogP contribution in [0.5, 0.6) is 5.75 Å². The van der Waals surface area contributed by atoms with E-state index in [4.69, 9.17) is 14.2 Å². The Hall–Kier alpha value is -5.38. The highest BCUT2D eigenvalue weighted by atomic mass is 32.2. The third-order valence-corrected chi connectivity index (χ3v) is 10.1. The lowest BCUT2D eigenvalue weighted by Crippen LogP contribution is -2.60. The van der Waals surface area contributed by atoms with E-state index in [9.17, 15) is 34.6 Å². The number of hydrogen-bond donors (Lipinski definition) is 0. The SMILES string of the molecule is COc1ccc(CS[C@@H]2CN(C(=O)OCc3ccc([N+](=O)[O-])cc3)[C@](C)(C(=O)N3CCN(C(=O)OCc4ccc([N+](=O)[O-])cc4)CC3)C2)cc1. The van der Waals surface area contributed by atoms with Crippen LogP contribution in [0.15, 0.2) is 72.8 Å². The van der Waals surface area contributed by atoms with Crippen LogP contribution in [-0.2, 0) is 33.2 Å². The molecule has 264 valence electrons. The number of non-ortho nitro benzene ring substituents is 2. The molecule has 0 radical (unpaired) electrons. The number of piperazine rings is 1. The number of amides is 3. The number of benzene rings is 3. The molecule has 0 saturated carbocycles. The summed E-state index contributed by atoms with van der Waals surface area (Å²) in [7, 11) is 1.60. The number of nitro benzene ring substituents is 2. The predicted molar refractivity (Wildman–Crippen MR) is 183 cm³/mol. The molecule has 2 aliphatic rings. The first-order valence-electron chi connectivity index (χ1n) is 15.8. The van der Waals surface area contributed by atoms with Gasteiger partial charge in [0.2, 0.25) is 5.91 Å². The summed E-state index contributed by atoms with van der Waals surface area (Å²) in [6.45, 7) is 2.75. The molecule has 50 heavy (non-hydrogen) atoms. The van der Waals surface area contributed by atoms with E-state index in [1.54, 1.807) is 30.7 Å². The summed E-state index contributed by atoms with van der Waals surface area (Å²) in [6.07, 6.45) is -0.842. The Morgan fingerprint density at radius 2 is 1.24 bits per heavy atom. The zero-order chi connectivity index (χ0) is 35.8. The fraction of sp³-hybridized carbons (Fsp3) is 0.382. The fourth-order valence-electron chi connectivity index (χ4n) is 5.87. The first-order chi connectivity index (χ1) is 24.0. The Labute approximate surface area is 292 Å². The van der Waals surface area contributed by atoms with Gasteiger partial charge in [0.25, 0.3) is 11.4 Å². The van der Waals surface area contributed by atoms with Crippen molar-refractivity contribution >= 4 is 41.2 Å². The van der Waals surface area contributed by atoms with E-state index in [2.05, 4.69) is 0 Å². The topological polar surface area (TPSA) is 175 Å². The standard InChI is InChI=1S/C34H37N5O10S/c1-34(31(40)35-15-17-36(18-16-35)32(41)48-21-24-3-9-27(10-4-24)38(43)44)19-30(50-23-26-7-13-29(47-2)14-8-26)20-37(34)33(42)49-22-25-5-11-28(12-6-25)39(45)46/h3-14,30H,15-23H2,1-2H3/t30-,34-/m0/s1. The number of methoxy groups -OCH3 is 1. The van der Waals surface area contributed by atoms with E-state index in [1.807, 2.05) is 24.3 Å². The van der Waals surface area contributed by atoms with Gasteiger partial charge in [-0.25, -0.2) is 9.59 Å². The van der Waals surface area contributed by atoms with Crippen LogP contribution < -0.4 is 4.74 Å². The van der Waals surface area contributed by atoms with Crippen LogP contribution in [0.1, 0.15) is 30.0 Å². The molecule has 3 aromatic carbocycles. The second-order valence-corrected chi connectivity index (χ2v) is 13.4. The molecular weight excluding hydrogens is 670 g/mol. The van der Waals surface area contributed by atoms with Gasteiger partial charge in [-0.1, -0.05) is 12.1 Å². The van der Waals surface area contributed by atoms with Crippen molar-refractivity contribution in [2.24, 2.45) is 0 Å². The zero-order valence-electron chi connectivity index (χ0n) is 27.6. The molecule has 0 aromatic heterocycles. The molecule has 15 nitrogen and oxygen atoms in total. The van der Waals surface area contributed by atoms with Crippen molar-refractivity contribution < 1.29 is 38.4 Å². The first kappa shape index (κ1) is 35.9. The molecule has 0 N–H and O–H groups in total. The number of thioether (sulfide) groups is 1. The van der Waals surface area contributed by atoms with Gasteiger partial charge in [-0.2, -0.15) is 11.8 Å². The Balaban J connectivity index is 1.21. The minimum Gasteiger partial charge on any atom is -0.497 e. The summed E-state index contributed by atoms with van der Waals surface area (Å²) in [5.41, 5.74) is 0.885. The van der Waals surface area contributed by atoms with Gasteiger partial charge in [-0.15, -0.1) is 0 Å². The van der Waals surface area contributed by atoms with Crippen LogP contribution in [-0.4, -0.2) is 93.3 Å². The van der Waals surface area contributed by atoms with Gasteiger partial charge in [0, 0.05) is 68.0 Å². The molecule has 2 aliphatic heterocycles. The molecule has 0 unspecified atom stereocenters. The molecule has 3 amide bonds. The highest BCUT2D eigenvalue weighted by Gasteiger charge is 2.52. The highest BCUT2D eigenvalue weighted by molar-refractivity contribution is 7.99. The Morgan fingerprint density at radius 1 is 0.760 bits per heavy atom. The normalized spacial score (nSPS) is 18.8. The molecule has 0 aliphatic carbocycles. The number of rotatable bonds is 11. The molecular formula is C34H37N5O10S. The number of ether oxygens (including phenoxy) is 3. The van der Waals surface area contributed by atoms with Crippen LogP contribution in [0.25, 0.3) is 0 Å². The van der Waals surface area contributed by atoms with Gasteiger partial charge < -0.3 is 24.0 Å². The Kier molecular flexibility index (Phi) is 11.4. The van der Waals surface area contributed by atoms with Crippen LogP contribution >= 0.6 is 11.8 Å². The minimum absolute atomic E-state index is 0.0550. The maximum absolute atomic E-state index is 14.2. The van der Waals surface area contributed by atoms with Crippen LogP contribution in [0.3, 0.4) is 0 Å². The van der Waals surface area contributed by atoms with Gasteiger partial charge >= 0.3 is 12.2 Å². The summed E-state index contributed by atoms with van der Waals surface area (Å²) in [5.74, 6) is 1.15. The van der Waals surface area contributed by atoms with E-state index in [0.29, 0.717) is 23.3 Å². The van der Waals surface area contributed by atoms with Crippen molar-refractivity contribution in [2.75, 3.05) is 39.8 Å². The Bertz CT molecular complexity index is 1700. The smallest absolute Gasteiger partial charge is 0.411 e. The third kappa shape index (κ3) is 8.61. The molecule has 2 fully saturated rings. The van der Waals surface area contributed by atoms with Crippen LogP contribution in [0, 0.1) is 20.2 Å². The van der Waals surface area contributed by atoms with Gasteiger partial charge in [0.15, 0.2) is 0 Å². The highest BCUT2D eigenvalue weighted by Crippen LogP contribution is 2.39. The third-order valence-electron chi connectivity index (χ3n) is 8.78. The molecule has 3 aromatic rings. The number of likely N-dealkylation sites (tertiary alicyclic amines) is 1. The summed E-state index contributed by atoms with van der Waals surface area (Å²) < 4.78 is 16.3. The first-order valence-corrected chi connectivity index (χ1v) is 16.9. The Morgan fingerprint density at radius 3 is 1.74 bits per heavy atom. The van der Waals surface area contributed by atoms with E-state index >= 15 is 0 Å². The molecule has 2 atom stereocenters. The monoisotopic (exact) mass is 707 g/mol. The van der Waals surface area contributed by atoms with E-state index < -0.39 is 27.6 Å². The van der Waals surface area contributed by atoms with Gasteiger partial charge in [-0.05, 0) is 66.4 Å². The van der Waals surface area contributed by atoms with E-state index in [-0.39, 0.29) is 68.5 Å². The number of carbonyl (C=O) groups is 3. The maximum atomic E-state index is 14.2. The van der Waals surface area contributed by atoms with E-state index in [1.165, 1.54) is 58.3 Å². The van der Waals surface area contributed by atoms with Crippen molar-refractivity contribution in [2.45, 2.75) is 43.1 Å². The molecule has 0 spiro atoms. The average molecular weight is 708 g/mol. The summed E-state index contributed by atoms with van der Waals surface area (Å²) in [6, 6.07) is 19.1. The molecule has 0 bridgehead atoms. The minimum atomic E-state index is -1.22. The van der Waals surface area contributed by atoms with Crippen molar-refractivity contribution in [3.63, 3.8) is 0 Å². The summed E-state index contributed by atoms with van der Waals surface area (Å²) in [5, 5.41) is 21.8. The van der Waals surface area contributed by atoms with Gasteiger partial charge in [-0.3, -0.25) is 29.9 Å². The van der Waals surface area contributed by atoms with Crippen molar-refractivity contribution in [3.8, 4) is 5.75 Å². The lowest BCUT2D eigenvalue weighted by molar-refractivity contribution is -0.385.